The van der Waals surface area contributed by atoms with E-state index in [0.29, 0.717) is 11.8 Å². The van der Waals surface area contributed by atoms with Crippen LogP contribution in [0.2, 0.25) is 0 Å². The van der Waals surface area contributed by atoms with E-state index in [4.69, 9.17) is 0 Å². The Hall–Kier alpha value is -0.120. The van der Waals surface area contributed by atoms with Crippen LogP contribution in [-0.2, 0) is 0 Å². The summed E-state index contributed by atoms with van der Waals surface area (Å²) in [5.74, 6) is 0. The summed E-state index contributed by atoms with van der Waals surface area (Å²) in [6, 6.07) is 0. The molecule has 10 heavy (non-hydrogen) atoms. The molecule has 2 fully saturated rings. The van der Waals surface area contributed by atoms with E-state index >= 15 is 0 Å². The summed E-state index contributed by atoms with van der Waals surface area (Å²) in [7, 11) is 0. The summed E-state index contributed by atoms with van der Waals surface area (Å²) >= 11 is 0. The van der Waals surface area contributed by atoms with Crippen molar-refractivity contribution in [3.8, 4) is 0 Å². The highest BCUT2D eigenvalue weighted by Crippen LogP contribution is 2.18. The maximum Gasteiger partial charge on any atom is 0.115 e. The molecule has 0 radical (unpaired) electrons. The molecule has 0 saturated carbocycles. The van der Waals surface area contributed by atoms with Crippen LogP contribution in [-0.4, -0.2) is 36.4 Å². The SMILES string of the molecule is CC1(C)CN2CCNC2N1. The maximum absolute atomic E-state index is 3.51. The molecule has 0 aromatic heterocycles. The van der Waals surface area contributed by atoms with E-state index in [1.165, 1.54) is 13.1 Å². The molecule has 0 spiro atoms. The standard InChI is InChI=1S/C7H15N3/c1-7(2)5-10-4-3-8-6(10)9-7/h6,8-9H,3-5H2,1-2H3. The molecule has 3 nitrogen and oxygen atoms in total. The molecule has 1 unspecified atom stereocenters. The van der Waals surface area contributed by atoms with Crippen LogP contribution >= 0.6 is 0 Å². The molecule has 2 rings (SSSR count). The van der Waals surface area contributed by atoms with Gasteiger partial charge in [0.05, 0.1) is 0 Å². The molecule has 0 bridgehead atoms. The molecule has 2 N–H and O–H groups in total. The molecular weight excluding hydrogens is 126 g/mol. The number of rotatable bonds is 0. The fourth-order valence-corrected chi connectivity index (χ4v) is 1.84. The average molecular weight is 141 g/mol. The summed E-state index contributed by atoms with van der Waals surface area (Å²) < 4.78 is 0. The highest BCUT2D eigenvalue weighted by molar-refractivity contribution is 4.95. The van der Waals surface area contributed by atoms with Crippen molar-refractivity contribution in [2.45, 2.75) is 25.7 Å². The summed E-state index contributed by atoms with van der Waals surface area (Å²) in [5.41, 5.74) is 0.304. The van der Waals surface area contributed by atoms with E-state index in [1.54, 1.807) is 0 Å². The van der Waals surface area contributed by atoms with Gasteiger partial charge in [-0.25, -0.2) is 0 Å². The van der Waals surface area contributed by atoms with E-state index in [-0.39, 0.29) is 0 Å². The van der Waals surface area contributed by atoms with Gasteiger partial charge >= 0.3 is 0 Å². The fourth-order valence-electron chi connectivity index (χ4n) is 1.84. The molecule has 0 aromatic carbocycles. The second kappa shape index (κ2) is 1.94. The maximum atomic E-state index is 3.51. The predicted octanol–water partition coefficient (Wildman–Crippen LogP) is -0.443. The minimum absolute atomic E-state index is 0.304. The molecule has 2 heterocycles. The van der Waals surface area contributed by atoms with Crippen LogP contribution in [0.4, 0.5) is 0 Å². The Morgan fingerprint density at radius 1 is 1.50 bits per heavy atom. The van der Waals surface area contributed by atoms with Crippen molar-refractivity contribution >= 4 is 0 Å². The Morgan fingerprint density at radius 3 is 3.00 bits per heavy atom. The second-order valence-corrected chi connectivity index (χ2v) is 3.86. The van der Waals surface area contributed by atoms with Crippen molar-refractivity contribution in [2.24, 2.45) is 0 Å². The summed E-state index contributed by atoms with van der Waals surface area (Å²) in [4.78, 5) is 2.44. The molecule has 2 aliphatic heterocycles. The third-order valence-corrected chi connectivity index (χ3v) is 2.23. The van der Waals surface area contributed by atoms with Gasteiger partial charge in [-0.15, -0.1) is 0 Å². The van der Waals surface area contributed by atoms with E-state index in [1.807, 2.05) is 0 Å². The predicted molar refractivity (Wildman–Crippen MR) is 40.6 cm³/mol. The van der Waals surface area contributed by atoms with Crippen LogP contribution in [0, 0.1) is 0 Å². The Morgan fingerprint density at radius 2 is 2.30 bits per heavy atom. The number of fused-ring (bicyclic) bond motifs is 1. The van der Waals surface area contributed by atoms with E-state index in [9.17, 15) is 0 Å². The lowest BCUT2D eigenvalue weighted by Crippen LogP contribution is -2.44. The summed E-state index contributed by atoms with van der Waals surface area (Å²) in [5, 5.41) is 6.90. The number of nitrogens with one attached hydrogen (secondary N) is 2. The van der Waals surface area contributed by atoms with Crippen molar-refractivity contribution in [3.63, 3.8) is 0 Å². The molecule has 3 heteroatoms. The lowest BCUT2D eigenvalue weighted by Gasteiger charge is -2.18. The molecule has 0 aromatic rings. The monoisotopic (exact) mass is 141 g/mol. The van der Waals surface area contributed by atoms with E-state index < -0.39 is 0 Å². The van der Waals surface area contributed by atoms with Crippen molar-refractivity contribution < 1.29 is 0 Å². The molecule has 0 amide bonds. The highest BCUT2D eigenvalue weighted by Gasteiger charge is 2.38. The van der Waals surface area contributed by atoms with Crippen LogP contribution in [0.15, 0.2) is 0 Å². The van der Waals surface area contributed by atoms with Gasteiger partial charge in [-0.2, -0.15) is 0 Å². The van der Waals surface area contributed by atoms with Crippen LogP contribution in [0.5, 0.6) is 0 Å². The molecule has 58 valence electrons. The van der Waals surface area contributed by atoms with Gasteiger partial charge in [0, 0.05) is 25.2 Å². The Balaban J connectivity index is 2.07. The second-order valence-electron chi connectivity index (χ2n) is 3.86. The largest absolute Gasteiger partial charge is 0.288 e. The quantitative estimate of drug-likeness (QED) is 0.479. The molecule has 1 atom stereocenters. The average Bonchev–Trinajstić information content (AvgIpc) is 2.20. The van der Waals surface area contributed by atoms with Crippen molar-refractivity contribution in [1.82, 2.24) is 15.5 Å². The lowest BCUT2D eigenvalue weighted by molar-refractivity contribution is 0.296. The van der Waals surface area contributed by atoms with Crippen molar-refractivity contribution in [3.05, 3.63) is 0 Å². The highest BCUT2D eigenvalue weighted by atomic mass is 15.5. The fraction of sp³-hybridized carbons (Fsp3) is 1.00. The normalized spacial score (nSPS) is 38.4. The molecule has 2 aliphatic rings. The molecular formula is C7H15N3. The first-order chi connectivity index (χ1) is 4.67. The van der Waals surface area contributed by atoms with Crippen LogP contribution < -0.4 is 10.6 Å². The van der Waals surface area contributed by atoms with Gasteiger partial charge in [-0.05, 0) is 13.8 Å². The van der Waals surface area contributed by atoms with Crippen molar-refractivity contribution in [2.75, 3.05) is 19.6 Å². The Kier molecular flexibility index (Phi) is 1.27. The van der Waals surface area contributed by atoms with Gasteiger partial charge < -0.3 is 0 Å². The first-order valence-corrected chi connectivity index (χ1v) is 3.93. The molecule has 0 aliphatic carbocycles. The van der Waals surface area contributed by atoms with Crippen LogP contribution in [0.3, 0.4) is 0 Å². The number of hydrogen-bond donors (Lipinski definition) is 2. The smallest absolute Gasteiger partial charge is 0.115 e. The zero-order valence-electron chi connectivity index (χ0n) is 6.65. The van der Waals surface area contributed by atoms with Gasteiger partial charge in [0.15, 0.2) is 0 Å². The zero-order valence-corrected chi connectivity index (χ0v) is 6.65. The lowest BCUT2D eigenvalue weighted by atomic mass is 10.1. The first kappa shape index (κ1) is 6.58. The molecule has 2 saturated heterocycles. The van der Waals surface area contributed by atoms with Gasteiger partial charge in [-0.1, -0.05) is 0 Å². The van der Waals surface area contributed by atoms with E-state index in [2.05, 4.69) is 29.4 Å². The van der Waals surface area contributed by atoms with Crippen LogP contribution in [0.25, 0.3) is 0 Å². The Labute approximate surface area is 61.8 Å². The zero-order chi connectivity index (χ0) is 7.19. The van der Waals surface area contributed by atoms with Gasteiger partial charge in [-0.3, -0.25) is 15.5 Å². The Bertz CT molecular complexity index is 130. The third kappa shape index (κ3) is 0.944. The number of nitrogens with zero attached hydrogens (tertiary/aromatic N) is 1. The van der Waals surface area contributed by atoms with Crippen molar-refractivity contribution in [1.29, 1.82) is 0 Å². The summed E-state index contributed by atoms with van der Waals surface area (Å²) in [6.45, 7) is 7.99. The van der Waals surface area contributed by atoms with Gasteiger partial charge in [0.2, 0.25) is 0 Å². The first-order valence-electron chi connectivity index (χ1n) is 3.93. The number of hydrogen-bond acceptors (Lipinski definition) is 3. The summed E-state index contributed by atoms with van der Waals surface area (Å²) in [6.07, 6.45) is 0.454. The topological polar surface area (TPSA) is 27.3 Å². The minimum atomic E-state index is 0.304. The van der Waals surface area contributed by atoms with Gasteiger partial charge in [0.1, 0.15) is 6.29 Å². The minimum Gasteiger partial charge on any atom is -0.288 e. The third-order valence-electron chi connectivity index (χ3n) is 2.23. The van der Waals surface area contributed by atoms with Crippen LogP contribution in [0.1, 0.15) is 13.8 Å². The van der Waals surface area contributed by atoms with Gasteiger partial charge in [0.25, 0.3) is 0 Å². The van der Waals surface area contributed by atoms with E-state index in [0.717, 1.165) is 6.54 Å².